The third kappa shape index (κ3) is 3.89. The van der Waals surface area contributed by atoms with E-state index in [0.717, 1.165) is 19.3 Å². The van der Waals surface area contributed by atoms with Gasteiger partial charge in [-0.3, -0.25) is 0 Å². The molecular weight excluding hydrogens is 232 g/mol. The maximum Gasteiger partial charge on any atom is 0.329 e. The van der Waals surface area contributed by atoms with Crippen LogP contribution in [0.3, 0.4) is 0 Å². The molecule has 2 amide bonds. The van der Waals surface area contributed by atoms with E-state index in [9.17, 15) is 9.59 Å². The number of hydrogen-bond donors (Lipinski definition) is 1. The van der Waals surface area contributed by atoms with Crippen molar-refractivity contribution in [3.8, 4) is 0 Å². The van der Waals surface area contributed by atoms with Gasteiger partial charge >= 0.3 is 12.0 Å². The minimum absolute atomic E-state index is 0.0583. The van der Waals surface area contributed by atoms with E-state index in [1.165, 1.54) is 0 Å². The molecule has 1 unspecified atom stereocenters. The molecule has 1 N–H and O–H groups in total. The van der Waals surface area contributed by atoms with Crippen molar-refractivity contribution in [3.63, 3.8) is 0 Å². The number of rotatable bonds is 6. The molecule has 0 radical (unpaired) electrons. The van der Waals surface area contributed by atoms with Crippen molar-refractivity contribution < 1.29 is 14.3 Å². The van der Waals surface area contributed by atoms with Gasteiger partial charge in [-0.05, 0) is 18.8 Å². The maximum atomic E-state index is 12.1. The van der Waals surface area contributed by atoms with E-state index in [0.29, 0.717) is 19.7 Å². The van der Waals surface area contributed by atoms with Gasteiger partial charge in [0, 0.05) is 13.1 Å². The van der Waals surface area contributed by atoms with Crippen LogP contribution in [0.4, 0.5) is 4.79 Å². The minimum Gasteiger partial charge on any atom is -0.464 e. The number of esters is 1. The minimum atomic E-state index is -0.470. The van der Waals surface area contributed by atoms with Crippen LogP contribution in [-0.2, 0) is 9.53 Å². The molecule has 1 aliphatic rings. The highest BCUT2D eigenvalue weighted by molar-refractivity contribution is 5.84. The number of urea groups is 1. The number of amides is 2. The molecule has 0 spiro atoms. The van der Waals surface area contributed by atoms with Crippen LogP contribution < -0.4 is 5.32 Å². The Kier molecular flexibility index (Phi) is 5.95. The zero-order chi connectivity index (χ0) is 13.5. The predicted molar refractivity (Wildman–Crippen MR) is 69.2 cm³/mol. The van der Waals surface area contributed by atoms with Gasteiger partial charge in [-0.15, -0.1) is 0 Å². The standard InChI is InChI=1S/C13H24N2O3/c1-4-5-9-18-12(16)11(10(2)3)15-8-6-7-14-13(15)17/h10-11H,4-9H2,1-3H3,(H,14,17). The van der Waals surface area contributed by atoms with Crippen LogP contribution in [0.1, 0.15) is 40.0 Å². The lowest BCUT2D eigenvalue weighted by molar-refractivity contribution is -0.151. The van der Waals surface area contributed by atoms with Crippen molar-refractivity contribution in [1.82, 2.24) is 10.2 Å². The van der Waals surface area contributed by atoms with E-state index < -0.39 is 6.04 Å². The molecule has 0 aromatic rings. The first kappa shape index (κ1) is 14.8. The molecule has 1 aliphatic heterocycles. The fourth-order valence-electron chi connectivity index (χ4n) is 2.07. The Morgan fingerprint density at radius 1 is 1.50 bits per heavy atom. The van der Waals surface area contributed by atoms with Crippen LogP contribution in [0, 0.1) is 5.92 Å². The molecule has 0 aliphatic carbocycles. The monoisotopic (exact) mass is 256 g/mol. The first-order chi connectivity index (χ1) is 8.57. The van der Waals surface area contributed by atoms with Crippen LogP contribution >= 0.6 is 0 Å². The van der Waals surface area contributed by atoms with Gasteiger partial charge in [0.2, 0.25) is 0 Å². The lowest BCUT2D eigenvalue weighted by Gasteiger charge is -2.35. The molecule has 1 rings (SSSR count). The SMILES string of the molecule is CCCCOC(=O)C(C(C)C)N1CCCNC1=O. The molecule has 1 saturated heterocycles. The average Bonchev–Trinajstić information content (AvgIpc) is 2.32. The second-order valence-corrected chi connectivity index (χ2v) is 4.99. The van der Waals surface area contributed by atoms with Crippen molar-refractivity contribution in [3.05, 3.63) is 0 Å². The molecular formula is C13H24N2O3. The van der Waals surface area contributed by atoms with Crippen molar-refractivity contribution in [2.45, 2.75) is 46.1 Å². The molecule has 5 nitrogen and oxygen atoms in total. The van der Waals surface area contributed by atoms with Gasteiger partial charge in [-0.2, -0.15) is 0 Å². The van der Waals surface area contributed by atoms with E-state index in [2.05, 4.69) is 5.32 Å². The summed E-state index contributed by atoms with van der Waals surface area (Å²) in [6.07, 6.45) is 2.73. The topological polar surface area (TPSA) is 58.6 Å². The number of unbranched alkanes of at least 4 members (excludes halogenated alkanes) is 1. The number of nitrogens with zero attached hydrogens (tertiary/aromatic N) is 1. The lowest BCUT2D eigenvalue weighted by Crippen LogP contribution is -2.56. The zero-order valence-corrected chi connectivity index (χ0v) is 11.6. The molecule has 104 valence electrons. The summed E-state index contributed by atoms with van der Waals surface area (Å²) in [6, 6.07) is -0.630. The summed E-state index contributed by atoms with van der Waals surface area (Å²) in [5.41, 5.74) is 0. The third-order valence-electron chi connectivity index (χ3n) is 3.06. The number of carbonyl (C=O) groups excluding carboxylic acids is 2. The number of carbonyl (C=O) groups is 2. The highest BCUT2D eigenvalue weighted by Crippen LogP contribution is 2.15. The second-order valence-electron chi connectivity index (χ2n) is 4.99. The summed E-state index contributed by atoms with van der Waals surface area (Å²) in [4.78, 5) is 25.4. The predicted octanol–water partition coefficient (Wildman–Crippen LogP) is 1.77. The fraction of sp³-hybridized carbons (Fsp3) is 0.846. The summed E-state index contributed by atoms with van der Waals surface area (Å²) in [5, 5.41) is 2.77. The maximum absolute atomic E-state index is 12.1. The largest absolute Gasteiger partial charge is 0.464 e. The van der Waals surface area contributed by atoms with Gasteiger partial charge in [0.05, 0.1) is 6.61 Å². The van der Waals surface area contributed by atoms with Gasteiger partial charge < -0.3 is 15.0 Å². The summed E-state index contributed by atoms with van der Waals surface area (Å²) in [5.74, 6) is -0.224. The Morgan fingerprint density at radius 2 is 2.22 bits per heavy atom. The first-order valence-electron chi connectivity index (χ1n) is 6.79. The number of ether oxygens (including phenoxy) is 1. The Hall–Kier alpha value is -1.26. The molecule has 1 atom stereocenters. The van der Waals surface area contributed by atoms with Gasteiger partial charge in [-0.1, -0.05) is 27.2 Å². The highest BCUT2D eigenvalue weighted by atomic mass is 16.5. The molecule has 5 heteroatoms. The summed E-state index contributed by atoms with van der Waals surface area (Å²) < 4.78 is 5.25. The summed E-state index contributed by atoms with van der Waals surface area (Å²) in [6.45, 7) is 7.67. The molecule has 18 heavy (non-hydrogen) atoms. The van der Waals surface area contributed by atoms with Crippen LogP contribution in [0.2, 0.25) is 0 Å². The number of nitrogens with one attached hydrogen (secondary N) is 1. The Balaban J connectivity index is 2.63. The van der Waals surface area contributed by atoms with Crippen LogP contribution in [-0.4, -0.2) is 42.6 Å². The van der Waals surface area contributed by atoms with Crippen LogP contribution in [0.25, 0.3) is 0 Å². The number of hydrogen-bond acceptors (Lipinski definition) is 3. The van der Waals surface area contributed by atoms with E-state index in [-0.39, 0.29) is 17.9 Å². The summed E-state index contributed by atoms with van der Waals surface area (Å²) >= 11 is 0. The Morgan fingerprint density at radius 3 is 2.78 bits per heavy atom. The second kappa shape index (κ2) is 7.24. The molecule has 0 aromatic carbocycles. The lowest BCUT2D eigenvalue weighted by atomic mass is 10.0. The molecule has 1 heterocycles. The molecule has 0 saturated carbocycles. The van der Waals surface area contributed by atoms with E-state index in [4.69, 9.17) is 4.74 Å². The van der Waals surface area contributed by atoms with Crippen molar-refractivity contribution in [1.29, 1.82) is 0 Å². The van der Waals surface area contributed by atoms with Crippen molar-refractivity contribution in [2.24, 2.45) is 5.92 Å². The smallest absolute Gasteiger partial charge is 0.329 e. The Bertz CT molecular complexity index is 292. The summed E-state index contributed by atoms with van der Waals surface area (Å²) in [7, 11) is 0. The van der Waals surface area contributed by atoms with E-state index in [1.54, 1.807) is 4.90 Å². The molecule has 0 aromatic heterocycles. The molecule has 0 bridgehead atoms. The molecule has 1 fully saturated rings. The third-order valence-corrected chi connectivity index (χ3v) is 3.06. The zero-order valence-electron chi connectivity index (χ0n) is 11.6. The highest BCUT2D eigenvalue weighted by Gasteiger charge is 2.34. The van der Waals surface area contributed by atoms with Crippen molar-refractivity contribution >= 4 is 12.0 Å². The first-order valence-corrected chi connectivity index (χ1v) is 6.79. The van der Waals surface area contributed by atoms with Gasteiger partial charge in [0.25, 0.3) is 0 Å². The quantitative estimate of drug-likeness (QED) is 0.582. The van der Waals surface area contributed by atoms with Gasteiger partial charge in [0.1, 0.15) is 6.04 Å². The van der Waals surface area contributed by atoms with Gasteiger partial charge in [0.15, 0.2) is 0 Å². The van der Waals surface area contributed by atoms with E-state index >= 15 is 0 Å². The average molecular weight is 256 g/mol. The fourth-order valence-corrected chi connectivity index (χ4v) is 2.07. The van der Waals surface area contributed by atoms with Crippen LogP contribution in [0.5, 0.6) is 0 Å². The normalized spacial score (nSPS) is 17.6. The van der Waals surface area contributed by atoms with Gasteiger partial charge in [-0.25, -0.2) is 9.59 Å². The van der Waals surface area contributed by atoms with E-state index in [1.807, 2.05) is 20.8 Å². The van der Waals surface area contributed by atoms with Crippen molar-refractivity contribution in [2.75, 3.05) is 19.7 Å². The Labute approximate surface area is 109 Å². The van der Waals surface area contributed by atoms with Crippen LogP contribution in [0.15, 0.2) is 0 Å².